The molecule has 2 heterocycles. The number of piperidine rings is 1. The Morgan fingerprint density at radius 2 is 2.29 bits per heavy atom. The number of hydrogen-bond acceptors (Lipinski definition) is 3. The molecule has 1 saturated heterocycles. The minimum Gasteiger partial charge on any atom is -0.481 e. The van der Waals surface area contributed by atoms with Crippen LogP contribution >= 0.6 is 0 Å². The van der Waals surface area contributed by atoms with E-state index in [1.54, 1.807) is 6.20 Å². The highest BCUT2D eigenvalue weighted by Crippen LogP contribution is 2.43. The van der Waals surface area contributed by atoms with Gasteiger partial charge in [0, 0.05) is 18.7 Å². The summed E-state index contributed by atoms with van der Waals surface area (Å²) in [5, 5.41) is 16.3. The van der Waals surface area contributed by atoms with E-state index in [0.29, 0.717) is 5.92 Å². The molecule has 1 saturated carbocycles. The van der Waals surface area contributed by atoms with E-state index in [9.17, 15) is 9.90 Å². The Bertz CT molecular complexity index is 400. The van der Waals surface area contributed by atoms with Crippen molar-refractivity contribution in [3.63, 3.8) is 0 Å². The summed E-state index contributed by atoms with van der Waals surface area (Å²) in [5.74, 6) is 0.651. The zero-order valence-corrected chi connectivity index (χ0v) is 9.67. The Morgan fingerprint density at radius 3 is 2.88 bits per heavy atom. The molecule has 0 spiro atoms. The van der Waals surface area contributed by atoms with Gasteiger partial charge in [0.1, 0.15) is 5.82 Å². The molecule has 2 N–H and O–H groups in total. The minimum atomic E-state index is -0.647. The fourth-order valence-corrected chi connectivity index (χ4v) is 3.00. The first-order valence-corrected chi connectivity index (χ1v) is 6.26. The SMILES string of the molecule is O=C(O)[C@H]1CCCN(c2ccn[nH]2)[C@@H]1C1CC1. The first-order chi connectivity index (χ1) is 8.27. The number of hydrogen-bond donors (Lipinski definition) is 2. The van der Waals surface area contributed by atoms with E-state index >= 15 is 0 Å². The van der Waals surface area contributed by atoms with Crippen molar-refractivity contribution < 1.29 is 9.90 Å². The van der Waals surface area contributed by atoms with E-state index in [1.165, 1.54) is 12.8 Å². The molecule has 2 aliphatic rings. The monoisotopic (exact) mass is 235 g/mol. The van der Waals surface area contributed by atoms with Crippen LogP contribution in [0.3, 0.4) is 0 Å². The zero-order valence-electron chi connectivity index (χ0n) is 9.67. The van der Waals surface area contributed by atoms with Crippen molar-refractivity contribution in [2.45, 2.75) is 31.7 Å². The smallest absolute Gasteiger partial charge is 0.308 e. The van der Waals surface area contributed by atoms with Gasteiger partial charge < -0.3 is 10.0 Å². The molecule has 17 heavy (non-hydrogen) atoms. The molecule has 0 radical (unpaired) electrons. The highest BCUT2D eigenvalue weighted by Gasteiger charge is 2.45. The zero-order chi connectivity index (χ0) is 11.8. The maximum Gasteiger partial charge on any atom is 0.308 e. The van der Waals surface area contributed by atoms with Gasteiger partial charge in [-0.25, -0.2) is 0 Å². The topological polar surface area (TPSA) is 69.2 Å². The lowest BCUT2D eigenvalue weighted by Gasteiger charge is -2.40. The summed E-state index contributed by atoms with van der Waals surface area (Å²) in [4.78, 5) is 13.6. The third-order valence-electron chi connectivity index (χ3n) is 3.90. The molecule has 5 heteroatoms. The van der Waals surface area contributed by atoms with Crippen molar-refractivity contribution in [3.05, 3.63) is 12.3 Å². The Balaban J connectivity index is 1.88. The number of aromatic amines is 1. The molecular formula is C12H17N3O2. The van der Waals surface area contributed by atoms with Crippen LogP contribution in [0.15, 0.2) is 12.3 Å². The lowest BCUT2D eigenvalue weighted by Crippen LogP contribution is -2.49. The van der Waals surface area contributed by atoms with E-state index in [0.717, 1.165) is 25.2 Å². The van der Waals surface area contributed by atoms with E-state index in [4.69, 9.17) is 0 Å². The van der Waals surface area contributed by atoms with Crippen molar-refractivity contribution >= 4 is 11.8 Å². The molecule has 0 unspecified atom stereocenters. The largest absolute Gasteiger partial charge is 0.481 e. The molecule has 3 rings (SSSR count). The average Bonchev–Trinajstić information content (AvgIpc) is 3.03. The molecule has 0 amide bonds. The predicted octanol–water partition coefficient (Wildman–Crippen LogP) is 1.49. The number of aromatic nitrogens is 2. The Labute approximate surface area is 99.8 Å². The Hall–Kier alpha value is -1.52. The fourth-order valence-electron chi connectivity index (χ4n) is 3.00. The van der Waals surface area contributed by atoms with Gasteiger partial charge in [0.05, 0.1) is 12.1 Å². The molecule has 92 valence electrons. The van der Waals surface area contributed by atoms with Crippen LogP contribution in [0, 0.1) is 11.8 Å². The molecule has 1 aromatic rings. The second kappa shape index (κ2) is 4.05. The quantitative estimate of drug-likeness (QED) is 0.832. The fraction of sp³-hybridized carbons (Fsp3) is 0.667. The standard InChI is InChI=1S/C12H17N3O2/c16-12(17)9-2-1-7-15(10-5-6-13-14-10)11(9)8-3-4-8/h5-6,8-9,11H,1-4,7H2,(H,13,14)(H,16,17)/t9-,11+/m0/s1. The third kappa shape index (κ3) is 1.90. The molecule has 5 nitrogen and oxygen atoms in total. The first-order valence-electron chi connectivity index (χ1n) is 6.26. The van der Waals surface area contributed by atoms with Gasteiger partial charge in [-0.05, 0) is 31.6 Å². The molecule has 0 aromatic carbocycles. The minimum absolute atomic E-state index is 0.154. The summed E-state index contributed by atoms with van der Waals surface area (Å²) in [6.07, 6.45) is 5.81. The van der Waals surface area contributed by atoms with Crippen molar-refractivity contribution in [2.24, 2.45) is 11.8 Å². The van der Waals surface area contributed by atoms with E-state index in [1.807, 2.05) is 6.07 Å². The number of carbonyl (C=O) groups is 1. The summed E-state index contributed by atoms with van der Waals surface area (Å²) < 4.78 is 0. The second-order valence-electron chi connectivity index (χ2n) is 5.05. The van der Waals surface area contributed by atoms with Crippen molar-refractivity contribution in [3.8, 4) is 0 Å². The van der Waals surface area contributed by atoms with Gasteiger partial charge in [-0.1, -0.05) is 0 Å². The van der Waals surface area contributed by atoms with Crippen molar-refractivity contribution in [2.75, 3.05) is 11.4 Å². The van der Waals surface area contributed by atoms with Gasteiger partial charge in [-0.2, -0.15) is 5.10 Å². The maximum absolute atomic E-state index is 11.4. The summed E-state index contributed by atoms with van der Waals surface area (Å²) in [6, 6.07) is 2.08. The number of carboxylic acids is 1. The number of rotatable bonds is 3. The van der Waals surface area contributed by atoms with E-state index < -0.39 is 5.97 Å². The molecule has 0 bridgehead atoms. The molecule has 1 aromatic heterocycles. The normalized spacial score (nSPS) is 29.3. The van der Waals surface area contributed by atoms with Crippen LogP contribution in [0.5, 0.6) is 0 Å². The summed E-state index contributed by atoms with van der Waals surface area (Å²) in [6.45, 7) is 0.938. The van der Waals surface area contributed by atoms with Crippen LogP contribution in [0.2, 0.25) is 0 Å². The van der Waals surface area contributed by atoms with Gasteiger partial charge in [-0.15, -0.1) is 0 Å². The molecule has 1 aliphatic carbocycles. The first kappa shape index (κ1) is 10.6. The molecule has 2 fully saturated rings. The molecule has 2 atom stereocenters. The number of carboxylic acid groups (broad SMARTS) is 1. The van der Waals surface area contributed by atoms with Gasteiger partial charge in [0.2, 0.25) is 0 Å². The number of aliphatic carboxylic acids is 1. The van der Waals surface area contributed by atoms with Crippen LogP contribution in [0.25, 0.3) is 0 Å². The van der Waals surface area contributed by atoms with Gasteiger partial charge >= 0.3 is 5.97 Å². The second-order valence-corrected chi connectivity index (χ2v) is 5.05. The van der Waals surface area contributed by atoms with Crippen LogP contribution in [-0.4, -0.2) is 33.9 Å². The number of anilines is 1. The van der Waals surface area contributed by atoms with E-state index in [2.05, 4.69) is 15.1 Å². The van der Waals surface area contributed by atoms with Crippen LogP contribution in [-0.2, 0) is 4.79 Å². The summed E-state index contributed by atoms with van der Waals surface area (Å²) in [7, 11) is 0. The summed E-state index contributed by atoms with van der Waals surface area (Å²) in [5.41, 5.74) is 0. The van der Waals surface area contributed by atoms with Crippen molar-refractivity contribution in [1.82, 2.24) is 10.2 Å². The highest BCUT2D eigenvalue weighted by atomic mass is 16.4. The number of nitrogens with one attached hydrogen (secondary N) is 1. The molecular weight excluding hydrogens is 218 g/mol. The van der Waals surface area contributed by atoms with Crippen LogP contribution in [0.4, 0.5) is 5.82 Å². The van der Waals surface area contributed by atoms with Crippen LogP contribution in [0.1, 0.15) is 25.7 Å². The van der Waals surface area contributed by atoms with Crippen molar-refractivity contribution in [1.29, 1.82) is 0 Å². The Kier molecular flexibility index (Phi) is 2.53. The lowest BCUT2D eigenvalue weighted by atomic mass is 9.86. The van der Waals surface area contributed by atoms with Gasteiger partial charge in [0.25, 0.3) is 0 Å². The number of H-pyrrole nitrogens is 1. The Morgan fingerprint density at radius 1 is 1.47 bits per heavy atom. The predicted molar refractivity (Wildman–Crippen MR) is 62.8 cm³/mol. The van der Waals surface area contributed by atoms with E-state index in [-0.39, 0.29) is 12.0 Å². The van der Waals surface area contributed by atoms with Gasteiger partial charge in [-0.3, -0.25) is 9.89 Å². The van der Waals surface area contributed by atoms with Gasteiger partial charge in [0.15, 0.2) is 0 Å². The molecule has 1 aliphatic heterocycles. The third-order valence-corrected chi connectivity index (χ3v) is 3.90. The van der Waals surface area contributed by atoms with Crippen LogP contribution < -0.4 is 4.90 Å². The highest BCUT2D eigenvalue weighted by molar-refractivity contribution is 5.72. The number of nitrogens with zero attached hydrogens (tertiary/aromatic N) is 2. The summed E-state index contributed by atoms with van der Waals surface area (Å²) >= 11 is 0. The average molecular weight is 235 g/mol. The maximum atomic E-state index is 11.4. The lowest BCUT2D eigenvalue weighted by molar-refractivity contribution is -0.143.